The molecular formula is C13H18N2O. The van der Waals surface area contributed by atoms with Gasteiger partial charge in [0.2, 0.25) is 0 Å². The molecule has 86 valence electrons. The highest BCUT2D eigenvalue weighted by molar-refractivity contribution is 5.92. The number of hydrogen-bond donors (Lipinski definition) is 1. The molecule has 0 spiro atoms. The summed E-state index contributed by atoms with van der Waals surface area (Å²) < 4.78 is 0. The fourth-order valence-electron chi connectivity index (χ4n) is 1.74. The minimum Gasteiger partial charge on any atom is -0.354 e. The summed E-state index contributed by atoms with van der Waals surface area (Å²) in [6.07, 6.45) is 2.42. The number of nitrogens with zero attached hydrogens (tertiary/aromatic N) is 1. The highest BCUT2D eigenvalue weighted by Gasteiger charge is 2.26. The zero-order valence-electron chi connectivity index (χ0n) is 10.1. The van der Waals surface area contributed by atoms with Crippen LogP contribution in [0.4, 0.5) is 0 Å². The van der Waals surface area contributed by atoms with Gasteiger partial charge in [-0.2, -0.15) is 0 Å². The van der Waals surface area contributed by atoms with Crippen molar-refractivity contribution in [3.8, 4) is 0 Å². The summed E-state index contributed by atoms with van der Waals surface area (Å²) in [7, 11) is 1.64. The molecule has 2 rings (SSSR count). The fraction of sp³-hybridized carbons (Fsp3) is 0.538. The Morgan fingerprint density at radius 3 is 2.62 bits per heavy atom. The third-order valence-corrected chi connectivity index (χ3v) is 2.99. The molecule has 1 fully saturated rings. The maximum atomic E-state index is 11.6. The number of amides is 1. The topological polar surface area (TPSA) is 42.0 Å². The van der Waals surface area contributed by atoms with Crippen LogP contribution in [0.2, 0.25) is 0 Å². The predicted octanol–water partition coefficient (Wildman–Crippen LogP) is 2.44. The van der Waals surface area contributed by atoms with Crippen molar-refractivity contribution < 1.29 is 4.79 Å². The number of carbonyl (C=O) groups is 1. The van der Waals surface area contributed by atoms with Crippen molar-refractivity contribution in [2.24, 2.45) is 0 Å². The molecule has 16 heavy (non-hydrogen) atoms. The van der Waals surface area contributed by atoms with E-state index in [1.54, 1.807) is 7.05 Å². The molecular weight excluding hydrogens is 200 g/mol. The zero-order chi connectivity index (χ0) is 11.7. The molecule has 0 radical (unpaired) electrons. The fourth-order valence-corrected chi connectivity index (χ4v) is 1.74. The number of nitrogens with one attached hydrogen (secondary N) is 1. The highest BCUT2D eigenvalue weighted by Crippen LogP contribution is 2.39. The molecule has 1 saturated carbocycles. The molecule has 1 aromatic rings. The molecule has 1 amide bonds. The third kappa shape index (κ3) is 2.23. The van der Waals surface area contributed by atoms with Crippen LogP contribution in [0.25, 0.3) is 0 Å². The summed E-state index contributed by atoms with van der Waals surface area (Å²) in [5.41, 5.74) is 2.84. The lowest BCUT2D eigenvalue weighted by Gasteiger charge is -2.10. The summed E-state index contributed by atoms with van der Waals surface area (Å²) >= 11 is 0. The van der Waals surface area contributed by atoms with Crippen molar-refractivity contribution in [2.45, 2.75) is 38.5 Å². The summed E-state index contributed by atoms with van der Waals surface area (Å²) in [4.78, 5) is 16.0. The van der Waals surface area contributed by atoms with Crippen LogP contribution in [0.3, 0.4) is 0 Å². The Morgan fingerprint density at radius 2 is 2.12 bits per heavy atom. The predicted molar refractivity (Wildman–Crippen MR) is 63.7 cm³/mol. The first-order chi connectivity index (χ1) is 7.61. The van der Waals surface area contributed by atoms with Gasteiger partial charge in [0.05, 0.1) is 0 Å². The number of aromatic nitrogens is 1. The van der Waals surface area contributed by atoms with E-state index < -0.39 is 0 Å². The second-order valence-corrected chi connectivity index (χ2v) is 4.72. The summed E-state index contributed by atoms with van der Waals surface area (Å²) in [6, 6.07) is 4.05. The average Bonchev–Trinajstić information content (AvgIpc) is 3.11. The number of rotatable bonds is 3. The Bertz CT molecular complexity index is 388. The lowest BCUT2D eigenvalue weighted by atomic mass is 10.0. The number of pyridine rings is 1. The largest absolute Gasteiger partial charge is 0.354 e. The van der Waals surface area contributed by atoms with Gasteiger partial charge in [0, 0.05) is 18.7 Å². The number of hydrogen-bond acceptors (Lipinski definition) is 2. The lowest BCUT2D eigenvalue weighted by Crippen LogP contribution is -2.20. The van der Waals surface area contributed by atoms with Gasteiger partial charge in [-0.25, -0.2) is 4.98 Å². The quantitative estimate of drug-likeness (QED) is 0.846. The maximum Gasteiger partial charge on any atom is 0.269 e. The van der Waals surface area contributed by atoms with Crippen LogP contribution < -0.4 is 5.32 Å². The maximum absolute atomic E-state index is 11.6. The van der Waals surface area contributed by atoms with E-state index in [-0.39, 0.29) is 5.91 Å². The van der Waals surface area contributed by atoms with Crippen LogP contribution in [-0.4, -0.2) is 17.9 Å². The molecule has 0 aliphatic heterocycles. The Morgan fingerprint density at radius 1 is 1.44 bits per heavy atom. The Labute approximate surface area is 96.3 Å². The van der Waals surface area contributed by atoms with Crippen molar-refractivity contribution >= 4 is 5.91 Å². The van der Waals surface area contributed by atoms with Crippen molar-refractivity contribution in [3.05, 3.63) is 29.1 Å². The molecule has 1 heterocycles. The van der Waals surface area contributed by atoms with Crippen LogP contribution in [-0.2, 0) is 0 Å². The van der Waals surface area contributed by atoms with Gasteiger partial charge in [0.25, 0.3) is 5.91 Å². The van der Waals surface area contributed by atoms with E-state index in [0.29, 0.717) is 17.5 Å². The zero-order valence-corrected chi connectivity index (χ0v) is 10.1. The van der Waals surface area contributed by atoms with E-state index in [2.05, 4.69) is 30.2 Å². The van der Waals surface area contributed by atoms with Gasteiger partial charge < -0.3 is 5.32 Å². The first-order valence-electron chi connectivity index (χ1n) is 5.85. The first kappa shape index (κ1) is 11.1. The second kappa shape index (κ2) is 4.24. The minimum absolute atomic E-state index is 0.0931. The molecule has 1 N–H and O–H groups in total. The SMILES string of the molecule is CNC(=O)c1cc(C(C)C)cc(C2CC2)n1. The van der Waals surface area contributed by atoms with Gasteiger partial charge in [-0.3, -0.25) is 4.79 Å². The van der Waals surface area contributed by atoms with E-state index in [0.717, 1.165) is 5.69 Å². The van der Waals surface area contributed by atoms with E-state index in [4.69, 9.17) is 0 Å². The molecule has 0 aromatic carbocycles. The molecule has 1 aliphatic rings. The molecule has 3 heteroatoms. The average molecular weight is 218 g/mol. The van der Waals surface area contributed by atoms with Gasteiger partial charge >= 0.3 is 0 Å². The first-order valence-corrected chi connectivity index (χ1v) is 5.85. The van der Waals surface area contributed by atoms with Crippen LogP contribution in [0.1, 0.15) is 60.3 Å². The third-order valence-electron chi connectivity index (χ3n) is 2.99. The van der Waals surface area contributed by atoms with Crippen LogP contribution in [0.5, 0.6) is 0 Å². The second-order valence-electron chi connectivity index (χ2n) is 4.72. The van der Waals surface area contributed by atoms with E-state index in [1.807, 2.05) is 6.07 Å². The van der Waals surface area contributed by atoms with Gasteiger partial charge in [0.1, 0.15) is 5.69 Å². The molecule has 1 aliphatic carbocycles. The van der Waals surface area contributed by atoms with E-state index in [9.17, 15) is 4.79 Å². The van der Waals surface area contributed by atoms with Gasteiger partial charge in [-0.15, -0.1) is 0 Å². The van der Waals surface area contributed by atoms with Crippen molar-refractivity contribution in [1.29, 1.82) is 0 Å². The smallest absolute Gasteiger partial charge is 0.269 e. The molecule has 1 aromatic heterocycles. The number of carbonyl (C=O) groups excluding carboxylic acids is 1. The Hall–Kier alpha value is -1.38. The Balaban J connectivity index is 2.40. The highest BCUT2D eigenvalue weighted by atomic mass is 16.1. The van der Waals surface area contributed by atoms with Crippen molar-refractivity contribution in [3.63, 3.8) is 0 Å². The van der Waals surface area contributed by atoms with Crippen LogP contribution >= 0.6 is 0 Å². The normalized spacial score (nSPS) is 15.2. The lowest BCUT2D eigenvalue weighted by molar-refractivity contribution is 0.0958. The summed E-state index contributed by atoms with van der Waals surface area (Å²) in [5.74, 6) is 0.926. The molecule has 0 unspecified atom stereocenters. The molecule has 3 nitrogen and oxygen atoms in total. The van der Waals surface area contributed by atoms with E-state index in [1.165, 1.54) is 18.4 Å². The summed E-state index contributed by atoms with van der Waals surface area (Å²) in [6.45, 7) is 4.28. The van der Waals surface area contributed by atoms with Crippen molar-refractivity contribution in [2.75, 3.05) is 7.05 Å². The monoisotopic (exact) mass is 218 g/mol. The van der Waals surface area contributed by atoms with Crippen molar-refractivity contribution in [1.82, 2.24) is 10.3 Å². The van der Waals surface area contributed by atoms with Crippen LogP contribution in [0, 0.1) is 0 Å². The molecule has 0 atom stereocenters. The van der Waals surface area contributed by atoms with E-state index >= 15 is 0 Å². The minimum atomic E-state index is -0.0931. The van der Waals surface area contributed by atoms with Gasteiger partial charge in [-0.05, 0) is 36.5 Å². The molecule has 0 saturated heterocycles. The standard InChI is InChI=1S/C13H18N2O/c1-8(2)10-6-11(9-4-5-9)15-12(7-10)13(16)14-3/h6-9H,4-5H2,1-3H3,(H,14,16). The van der Waals surface area contributed by atoms with Gasteiger partial charge in [0.15, 0.2) is 0 Å². The summed E-state index contributed by atoms with van der Waals surface area (Å²) in [5, 5.41) is 2.63. The van der Waals surface area contributed by atoms with Gasteiger partial charge in [-0.1, -0.05) is 13.8 Å². The Kier molecular flexibility index (Phi) is 2.95. The van der Waals surface area contributed by atoms with Crippen LogP contribution in [0.15, 0.2) is 12.1 Å². The molecule has 0 bridgehead atoms.